The number of rotatable bonds is 0. The van der Waals surface area contributed by atoms with E-state index in [1.54, 1.807) is 0 Å². The van der Waals surface area contributed by atoms with Gasteiger partial charge in [-0.05, 0) is 13.3 Å². The molecule has 1 saturated heterocycles. The molecule has 0 bridgehead atoms. The average Bonchev–Trinajstić information content (AvgIpc) is 1.84. The first-order chi connectivity index (χ1) is 3.21. The summed E-state index contributed by atoms with van der Waals surface area (Å²) >= 11 is 0. The number of ether oxygens (including phenoxy) is 1. The minimum Gasteiger partial charge on any atom is -0.379 e. The zero-order chi connectivity index (χ0) is 5.33. The van der Waals surface area contributed by atoms with Crippen LogP contribution in [0.5, 0.6) is 0 Å². The second kappa shape index (κ2) is 1.46. The van der Waals surface area contributed by atoms with Gasteiger partial charge in [0, 0.05) is 12.1 Å². The van der Waals surface area contributed by atoms with Gasteiger partial charge in [-0.1, -0.05) is 0 Å². The molecule has 1 heterocycles. The maximum absolute atomic E-state index is 5.65. The van der Waals surface area contributed by atoms with E-state index < -0.39 is 0 Å². The average molecular weight is 101 g/mol. The lowest BCUT2D eigenvalue weighted by atomic mass is 10.0. The van der Waals surface area contributed by atoms with Crippen LogP contribution in [0.3, 0.4) is 0 Å². The summed E-state index contributed by atoms with van der Waals surface area (Å²) in [7, 11) is 0. The Bertz CT molecular complexity index is 62.5. The molecule has 1 aliphatic heterocycles. The summed E-state index contributed by atoms with van der Waals surface area (Å²) in [5, 5.41) is 0. The highest BCUT2D eigenvalue weighted by atomic mass is 16.5. The minimum absolute atomic E-state index is 0.0278. The number of nitrogens with two attached hydrogens (primary N) is 1. The molecule has 2 nitrogen and oxygen atoms in total. The van der Waals surface area contributed by atoms with Gasteiger partial charge in [-0.15, -0.1) is 0 Å². The summed E-state index contributed by atoms with van der Waals surface area (Å²) in [6.07, 6.45) is 1.01. The molecule has 1 fully saturated rings. The molecule has 2 N–H and O–H groups in total. The molecule has 0 aromatic heterocycles. The van der Waals surface area contributed by atoms with E-state index in [-0.39, 0.29) is 5.54 Å². The van der Waals surface area contributed by atoms with Gasteiger partial charge in [0.2, 0.25) is 0 Å². The molecule has 0 aliphatic carbocycles. The highest BCUT2D eigenvalue weighted by molar-refractivity contribution is 4.81. The molecule has 0 spiro atoms. The molecule has 1 atom stereocenters. The van der Waals surface area contributed by atoms with Crippen molar-refractivity contribution in [2.75, 3.05) is 13.2 Å². The van der Waals surface area contributed by atoms with Crippen LogP contribution in [0.25, 0.3) is 0 Å². The summed E-state index contributed by atoms with van der Waals surface area (Å²) in [5.41, 5.74) is 5.62. The van der Waals surface area contributed by atoms with Crippen LogP contribution < -0.4 is 5.73 Å². The molecule has 1 rings (SSSR count). The van der Waals surface area contributed by atoms with Crippen LogP contribution >= 0.6 is 0 Å². The van der Waals surface area contributed by atoms with Crippen LogP contribution in [0.4, 0.5) is 0 Å². The molecular formula is C5H11NO. The van der Waals surface area contributed by atoms with E-state index in [1.807, 2.05) is 6.92 Å². The first kappa shape index (κ1) is 5.06. The van der Waals surface area contributed by atoms with Crippen LogP contribution in [0.1, 0.15) is 13.3 Å². The van der Waals surface area contributed by atoms with Crippen molar-refractivity contribution in [3.05, 3.63) is 0 Å². The van der Waals surface area contributed by atoms with E-state index in [4.69, 9.17) is 10.5 Å². The van der Waals surface area contributed by atoms with Crippen molar-refractivity contribution in [2.24, 2.45) is 5.73 Å². The van der Waals surface area contributed by atoms with Gasteiger partial charge in [0.05, 0.1) is 6.61 Å². The normalized spacial score (nSPS) is 42.0. The van der Waals surface area contributed by atoms with Crippen molar-refractivity contribution in [3.63, 3.8) is 0 Å². The smallest absolute Gasteiger partial charge is 0.0644 e. The summed E-state index contributed by atoms with van der Waals surface area (Å²) < 4.78 is 5.03. The maximum Gasteiger partial charge on any atom is 0.0644 e. The molecule has 0 radical (unpaired) electrons. The van der Waals surface area contributed by atoms with E-state index in [1.165, 1.54) is 0 Å². The Morgan fingerprint density at radius 1 is 1.71 bits per heavy atom. The second-order valence-electron chi connectivity index (χ2n) is 2.46. The molecule has 0 saturated carbocycles. The summed E-state index contributed by atoms with van der Waals surface area (Å²) in [6, 6.07) is 0. The third-order valence-corrected chi connectivity index (χ3v) is 1.25. The molecule has 1 aliphatic rings. The second-order valence-corrected chi connectivity index (χ2v) is 2.46. The lowest BCUT2D eigenvalue weighted by Gasteiger charge is -2.11. The lowest BCUT2D eigenvalue weighted by Crippen LogP contribution is -2.35. The van der Waals surface area contributed by atoms with Crippen molar-refractivity contribution < 1.29 is 4.74 Å². The van der Waals surface area contributed by atoms with Gasteiger partial charge in [-0.25, -0.2) is 0 Å². The van der Waals surface area contributed by atoms with Crippen molar-refractivity contribution in [1.82, 2.24) is 0 Å². The Morgan fingerprint density at radius 3 is 2.57 bits per heavy atom. The predicted molar refractivity (Wildman–Crippen MR) is 28.0 cm³/mol. The van der Waals surface area contributed by atoms with Crippen LogP contribution in [-0.4, -0.2) is 18.8 Å². The Morgan fingerprint density at radius 2 is 2.43 bits per heavy atom. The van der Waals surface area contributed by atoms with Crippen LogP contribution in [-0.2, 0) is 4.74 Å². The SMILES string of the molecule is CC1(N)CCOC1. The fraction of sp³-hybridized carbons (Fsp3) is 1.00. The van der Waals surface area contributed by atoms with E-state index in [2.05, 4.69) is 0 Å². The minimum atomic E-state index is -0.0278. The Balaban J connectivity index is 2.40. The third-order valence-electron chi connectivity index (χ3n) is 1.25. The Labute approximate surface area is 43.6 Å². The number of hydrogen-bond donors (Lipinski definition) is 1. The van der Waals surface area contributed by atoms with Crippen molar-refractivity contribution >= 4 is 0 Å². The van der Waals surface area contributed by atoms with Gasteiger partial charge in [0.1, 0.15) is 0 Å². The molecule has 1 unspecified atom stereocenters. The molecule has 0 aromatic carbocycles. The highest BCUT2D eigenvalue weighted by Crippen LogP contribution is 2.12. The summed E-state index contributed by atoms with van der Waals surface area (Å²) in [4.78, 5) is 0. The van der Waals surface area contributed by atoms with Gasteiger partial charge in [0.25, 0.3) is 0 Å². The Kier molecular flexibility index (Phi) is 1.05. The van der Waals surface area contributed by atoms with Crippen LogP contribution in [0.2, 0.25) is 0 Å². The predicted octanol–water partition coefficient (Wildman–Crippen LogP) is 0.124. The first-order valence-corrected chi connectivity index (χ1v) is 2.57. The van der Waals surface area contributed by atoms with E-state index in [0.717, 1.165) is 19.6 Å². The first-order valence-electron chi connectivity index (χ1n) is 2.57. The van der Waals surface area contributed by atoms with E-state index >= 15 is 0 Å². The fourth-order valence-corrected chi connectivity index (χ4v) is 0.683. The molecule has 7 heavy (non-hydrogen) atoms. The quantitative estimate of drug-likeness (QED) is 0.470. The van der Waals surface area contributed by atoms with Gasteiger partial charge in [-0.2, -0.15) is 0 Å². The van der Waals surface area contributed by atoms with Crippen molar-refractivity contribution in [2.45, 2.75) is 18.9 Å². The largest absolute Gasteiger partial charge is 0.379 e. The van der Waals surface area contributed by atoms with Gasteiger partial charge in [-0.3, -0.25) is 0 Å². The van der Waals surface area contributed by atoms with E-state index in [0.29, 0.717) is 0 Å². The summed E-state index contributed by atoms with van der Waals surface area (Å²) in [6.45, 7) is 3.58. The standard InChI is InChI=1S/C5H11NO/c1-5(6)2-3-7-4-5/h2-4,6H2,1H3. The molecule has 2 heteroatoms. The van der Waals surface area contributed by atoms with Gasteiger partial charge < -0.3 is 10.5 Å². The van der Waals surface area contributed by atoms with Crippen molar-refractivity contribution in [1.29, 1.82) is 0 Å². The Hall–Kier alpha value is -0.0800. The van der Waals surface area contributed by atoms with Crippen LogP contribution in [0.15, 0.2) is 0 Å². The molecule has 0 amide bonds. The zero-order valence-electron chi connectivity index (χ0n) is 4.61. The lowest BCUT2D eigenvalue weighted by molar-refractivity contribution is 0.182. The highest BCUT2D eigenvalue weighted by Gasteiger charge is 2.23. The topological polar surface area (TPSA) is 35.2 Å². The fourth-order valence-electron chi connectivity index (χ4n) is 0.683. The monoisotopic (exact) mass is 101 g/mol. The molecule has 0 aromatic rings. The number of hydrogen-bond acceptors (Lipinski definition) is 2. The maximum atomic E-state index is 5.65. The summed E-state index contributed by atoms with van der Waals surface area (Å²) in [5.74, 6) is 0. The van der Waals surface area contributed by atoms with Crippen molar-refractivity contribution in [3.8, 4) is 0 Å². The van der Waals surface area contributed by atoms with Gasteiger partial charge in [0.15, 0.2) is 0 Å². The van der Waals surface area contributed by atoms with Gasteiger partial charge >= 0.3 is 0 Å². The molecule has 42 valence electrons. The van der Waals surface area contributed by atoms with E-state index in [9.17, 15) is 0 Å². The third kappa shape index (κ3) is 1.14. The zero-order valence-corrected chi connectivity index (χ0v) is 4.61. The molecular weight excluding hydrogens is 90.1 g/mol. The van der Waals surface area contributed by atoms with Crippen LogP contribution in [0, 0.1) is 0 Å².